The van der Waals surface area contributed by atoms with Crippen LogP contribution in [-0.2, 0) is 17.8 Å². The molecular weight excluding hydrogens is 398 g/mol. The third-order valence-corrected chi connectivity index (χ3v) is 5.18. The molecule has 0 radical (unpaired) electrons. The lowest BCUT2D eigenvalue weighted by Crippen LogP contribution is -2.20. The van der Waals surface area contributed by atoms with Gasteiger partial charge in [-0.05, 0) is 30.2 Å². The third-order valence-electron chi connectivity index (χ3n) is 3.90. The lowest BCUT2D eigenvalue weighted by atomic mass is 10.1. The summed E-state index contributed by atoms with van der Waals surface area (Å²) in [7, 11) is 0. The van der Waals surface area contributed by atoms with Gasteiger partial charge in [0.05, 0.1) is 16.3 Å². The van der Waals surface area contributed by atoms with E-state index in [1.54, 1.807) is 12.1 Å². The Bertz CT molecular complexity index is 1070. The molecule has 0 aliphatic heterocycles. The number of nitriles is 1. The highest BCUT2D eigenvalue weighted by atomic mass is 35.5. The first-order valence-corrected chi connectivity index (χ1v) is 9.74. The Morgan fingerprint density at radius 1 is 1.29 bits per heavy atom. The molecule has 3 rings (SSSR count). The molecule has 0 aliphatic carbocycles. The molecule has 28 heavy (non-hydrogen) atoms. The van der Waals surface area contributed by atoms with E-state index in [0.717, 1.165) is 5.56 Å². The summed E-state index contributed by atoms with van der Waals surface area (Å²) in [5.74, 6) is -0.191. The van der Waals surface area contributed by atoms with Gasteiger partial charge in [-0.25, -0.2) is 9.89 Å². The van der Waals surface area contributed by atoms with Crippen molar-refractivity contribution in [1.82, 2.24) is 14.8 Å². The molecule has 7 nitrogen and oxygen atoms in total. The van der Waals surface area contributed by atoms with Gasteiger partial charge in [-0.15, -0.1) is 5.10 Å². The molecule has 1 aromatic heterocycles. The van der Waals surface area contributed by atoms with Crippen molar-refractivity contribution in [2.45, 2.75) is 18.1 Å². The van der Waals surface area contributed by atoms with Crippen molar-refractivity contribution in [3.05, 3.63) is 75.2 Å². The molecule has 0 aliphatic rings. The van der Waals surface area contributed by atoms with Gasteiger partial charge in [0, 0.05) is 12.2 Å². The highest BCUT2D eigenvalue weighted by Gasteiger charge is 2.12. The molecule has 2 aromatic carbocycles. The minimum absolute atomic E-state index is 0.0766. The number of rotatable bonds is 7. The summed E-state index contributed by atoms with van der Waals surface area (Å²) in [6.07, 6.45) is 0.684. The number of amides is 1. The van der Waals surface area contributed by atoms with Gasteiger partial charge in [-0.2, -0.15) is 5.26 Å². The summed E-state index contributed by atoms with van der Waals surface area (Å²) in [5.41, 5.74) is 1.64. The number of carbonyl (C=O) groups excluding carboxylic acids is 1. The molecular formula is C19H16ClN5O2S. The molecule has 0 fully saturated rings. The van der Waals surface area contributed by atoms with E-state index >= 15 is 0 Å². The standard InChI is InChI=1S/C19H16ClN5O2S/c20-16-10-15(7-6-14(16)11-21)22-17(26)12-28-19-24-23-18(27)25(19)9-8-13-4-2-1-3-5-13/h1-7,10H,8-9,12H2,(H,22,26)(H,23,27). The van der Waals surface area contributed by atoms with Crippen LogP contribution in [0.2, 0.25) is 5.02 Å². The van der Waals surface area contributed by atoms with Gasteiger partial charge in [-0.1, -0.05) is 53.7 Å². The molecule has 0 bridgehead atoms. The van der Waals surface area contributed by atoms with Crippen molar-refractivity contribution in [2.75, 3.05) is 11.1 Å². The maximum Gasteiger partial charge on any atom is 0.343 e. The van der Waals surface area contributed by atoms with E-state index < -0.39 is 0 Å². The Labute approximate surface area is 170 Å². The maximum absolute atomic E-state index is 12.2. The first kappa shape index (κ1) is 19.7. The fraction of sp³-hybridized carbons (Fsp3) is 0.158. The van der Waals surface area contributed by atoms with E-state index in [2.05, 4.69) is 15.5 Å². The van der Waals surface area contributed by atoms with Gasteiger partial charge in [0.15, 0.2) is 5.16 Å². The zero-order valence-electron chi connectivity index (χ0n) is 14.7. The summed E-state index contributed by atoms with van der Waals surface area (Å²) in [6.45, 7) is 0.467. The van der Waals surface area contributed by atoms with Gasteiger partial charge in [0.1, 0.15) is 6.07 Å². The van der Waals surface area contributed by atoms with Crippen molar-refractivity contribution in [2.24, 2.45) is 0 Å². The highest BCUT2D eigenvalue weighted by molar-refractivity contribution is 7.99. The second-order valence-electron chi connectivity index (χ2n) is 5.84. The molecule has 0 saturated carbocycles. The van der Waals surface area contributed by atoms with Crippen molar-refractivity contribution < 1.29 is 4.79 Å². The van der Waals surface area contributed by atoms with Crippen molar-refractivity contribution in [3.8, 4) is 6.07 Å². The average molecular weight is 414 g/mol. The topological polar surface area (TPSA) is 104 Å². The predicted octanol–water partition coefficient (Wildman–Crippen LogP) is 3.07. The van der Waals surface area contributed by atoms with E-state index in [1.165, 1.54) is 22.4 Å². The van der Waals surface area contributed by atoms with Crippen LogP contribution in [0.15, 0.2) is 58.5 Å². The van der Waals surface area contributed by atoms with Crippen LogP contribution in [-0.4, -0.2) is 26.4 Å². The van der Waals surface area contributed by atoms with Crippen LogP contribution in [0.4, 0.5) is 5.69 Å². The predicted molar refractivity (Wildman–Crippen MR) is 109 cm³/mol. The molecule has 0 unspecified atom stereocenters. The van der Waals surface area contributed by atoms with Gasteiger partial charge in [-0.3, -0.25) is 9.36 Å². The van der Waals surface area contributed by atoms with Crippen molar-refractivity contribution in [3.63, 3.8) is 0 Å². The van der Waals surface area contributed by atoms with Crippen LogP contribution < -0.4 is 11.0 Å². The quantitative estimate of drug-likeness (QED) is 0.579. The molecule has 0 atom stereocenters. The number of aromatic nitrogens is 3. The maximum atomic E-state index is 12.2. The summed E-state index contributed by atoms with van der Waals surface area (Å²) in [6, 6.07) is 16.5. The number of benzene rings is 2. The second-order valence-corrected chi connectivity index (χ2v) is 7.19. The number of hydrogen-bond acceptors (Lipinski definition) is 5. The molecule has 1 amide bonds. The van der Waals surface area contributed by atoms with Crippen LogP contribution in [0.3, 0.4) is 0 Å². The van der Waals surface area contributed by atoms with Crippen molar-refractivity contribution in [1.29, 1.82) is 5.26 Å². The number of carbonyl (C=O) groups is 1. The zero-order chi connectivity index (χ0) is 19.9. The minimum Gasteiger partial charge on any atom is -0.325 e. The Hall–Kier alpha value is -3.02. The molecule has 1 heterocycles. The Balaban J connectivity index is 1.58. The Morgan fingerprint density at radius 3 is 2.79 bits per heavy atom. The number of aryl methyl sites for hydroxylation is 1. The van der Waals surface area contributed by atoms with Gasteiger partial charge in [0.2, 0.25) is 5.91 Å². The number of H-pyrrole nitrogens is 1. The van der Waals surface area contributed by atoms with Gasteiger partial charge < -0.3 is 5.32 Å². The molecule has 0 spiro atoms. The average Bonchev–Trinajstić information content (AvgIpc) is 3.05. The summed E-state index contributed by atoms with van der Waals surface area (Å²) >= 11 is 7.13. The zero-order valence-corrected chi connectivity index (χ0v) is 16.3. The fourth-order valence-electron chi connectivity index (χ4n) is 2.51. The molecule has 9 heteroatoms. The number of nitrogens with one attached hydrogen (secondary N) is 2. The van der Waals surface area contributed by atoms with E-state index in [1.807, 2.05) is 36.4 Å². The molecule has 2 N–H and O–H groups in total. The van der Waals surface area contributed by atoms with E-state index in [9.17, 15) is 9.59 Å². The number of anilines is 1. The normalized spacial score (nSPS) is 10.4. The second kappa shape index (κ2) is 9.26. The third kappa shape index (κ3) is 5.03. The largest absolute Gasteiger partial charge is 0.343 e. The molecule has 142 valence electrons. The van der Waals surface area contributed by atoms with Crippen LogP contribution in [0.5, 0.6) is 0 Å². The Morgan fingerprint density at radius 2 is 2.07 bits per heavy atom. The van der Waals surface area contributed by atoms with Crippen LogP contribution in [0.1, 0.15) is 11.1 Å². The van der Waals surface area contributed by atoms with Crippen LogP contribution >= 0.6 is 23.4 Å². The van der Waals surface area contributed by atoms with Gasteiger partial charge >= 0.3 is 5.69 Å². The number of nitrogens with zero attached hydrogens (tertiary/aromatic N) is 3. The summed E-state index contributed by atoms with van der Waals surface area (Å²) in [4.78, 5) is 24.2. The fourth-order valence-corrected chi connectivity index (χ4v) is 3.50. The lowest BCUT2D eigenvalue weighted by Gasteiger charge is -2.07. The summed E-state index contributed by atoms with van der Waals surface area (Å²) in [5, 5.41) is 18.7. The van der Waals surface area contributed by atoms with E-state index in [0.29, 0.717) is 29.4 Å². The number of thioether (sulfide) groups is 1. The Kier molecular flexibility index (Phi) is 6.53. The number of halogens is 1. The highest BCUT2D eigenvalue weighted by Crippen LogP contribution is 2.21. The lowest BCUT2D eigenvalue weighted by molar-refractivity contribution is -0.113. The van der Waals surface area contributed by atoms with Crippen LogP contribution in [0, 0.1) is 11.3 Å². The van der Waals surface area contributed by atoms with E-state index in [-0.39, 0.29) is 22.4 Å². The van der Waals surface area contributed by atoms with Gasteiger partial charge in [0.25, 0.3) is 0 Å². The molecule has 0 saturated heterocycles. The smallest absolute Gasteiger partial charge is 0.325 e. The SMILES string of the molecule is N#Cc1ccc(NC(=O)CSc2n[nH]c(=O)n2CCc2ccccc2)cc1Cl. The molecule has 3 aromatic rings. The minimum atomic E-state index is -0.308. The first-order chi connectivity index (χ1) is 13.6. The number of aromatic amines is 1. The summed E-state index contributed by atoms with van der Waals surface area (Å²) < 4.78 is 1.52. The monoisotopic (exact) mass is 413 g/mol. The van der Waals surface area contributed by atoms with E-state index in [4.69, 9.17) is 16.9 Å². The number of hydrogen-bond donors (Lipinski definition) is 2. The van der Waals surface area contributed by atoms with Crippen LogP contribution in [0.25, 0.3) is 0 Å². The first-order valence-electron chi connectivity index (χ1n) is 8.38. The van der Waals surface area contributed by atoms with Crippen molar-refractivity contribution >= 4 is 35.0 Å².